The van der Waals surface area contributed by atoms with E-state index in [-0.39, 0.29) is 6.04 Å². The Bertz CT molecular complexity index is 309. The third kappa shape index (κ3) is 2.60. The van der Waals surface area contributed by atoms with Gasteiger partial charge in [0.25, 0.3) is 0 Å². The molecule has 1 aliphatic rings. The Kier molecular flexibility index (Phi) is 3.91. The molecule has 0 aliphatic carbocycles. The van der Waals surface area contributed by atoms with Crippen molar-refractivity contribution >= 4 is 0 Å². The van der Waals surface area contributed by atoms with Crippen LogP contribution < -0.4 is 5.73 Å². The molecule has 0 bridgehead atoms. The highest BCUT2D eigenvalue weighted by molar-refractivity contribution is 5.11. The highest BCUT2D eigenvalue weighted by atomic mass is 16.5. The van der Waals surface area contributed by atoms with Crippen molar-refractivity contribution in [1.82, 2.24) is 4.98 Å². The van der Waals surface area contributed by atoms with Gasteiger partial charge in [-0.05, 0) is 30.9 Å². The van der Waals surface area contributed by atoms with Crippen molar-refractivity contribution < 1.29 is 4.74 Å². The van der Waals surface area contributed by atoms with Crippen molar-refractivity contribution in [3.63, 3.8) is 0 Å². The third-order valence-electron chi connectivity index (χ3n) is 3.47. The van der Waals surface area contributed by atoms with Gasteiger partial charge in [-0.1, -0.05) is 13.0 Å². The van der Waals surface area contributed by atoms with Crippen LogP contribution in [0.5, 0.6) is 0 Å². The largest absolute Gasteiger partial charge is 0.381 e. The zero-order chi connectivity index (χ0) is 11.4. The lowest BCUT2D eigenvalue weighted by Crippen LogP contribution is -2.39. The van der Waals surface area contributed by atoms with Crippen LogP contribution in [0.4, 0.5) is 0 Å². The van der Waals surface area contributed by atoms with E-state index in [0.717, 1.165) is 25.3 Å². The highest BCUT2D eigenvalue weighted by Gasteiger charge is 2.26. The molecule has 3 atom stereocenters. The maximum atomic E-state index is 6.30. The number of hydrogen-bond acceptors (Lipinski definition) is 3. The minimum Gasteiger partial charge on any atom is -0.381 e. The van der Waals surface area contributed by atoms with Gasteiger partial charge in [-0.2, -0.15) is 0 Å². The molecule has 1 fully saturated rings. The molecule has 88 valence electrons. The van der Waals surface area contributed by atoms with Gasteiger partial charge >= 0.3 is 0 Å². The molecule has 2 N–H and O–H groups in total. The topological polar surface area (TPSA) is 48.1 Å². The van der Waals surface area contributed by atoms with Crippen LogP contribution >= 0.6 is 0 Å². The van der Waals surface area contributed by atoms with Crippen molar-refractivity contribution in [2.45, 2.75) is 31.7 Å². The van der Waals surface area contributed by atoms with Gasteiger partial charge in [-0.3, -0.25) is 4.98 Å². The van der Waals surface area contributed by atoms with Crippen molar-refractivity contribution in [3.8, 4) is 0 Å². The summed E-state index contributed by atoms with van der Waals surface area (Å²) in [5, 5.41) is 0. The second kappa shape index (κ2) is 5.41. The minimum atomic E-state index is 0.148. The second-order valence-electron chi connectivity index (χ2n) is 4.60. The molecule has 3 nitrogen and oxygen atoms in total. The van der Waals surface area contributed by atoms with Gasteiger partial charge < -0.3 is 10.5 Å². The van der Waals surface area contributed by atoms with Gasteiger partial charge in [0, 0.05) is 30.5 Å². The molecule has 3 heteroatoms. The second-order valence-corrected chi connectivity index (χ2v) is 4.60. The van der Waals surface area contributed by atoms with Crippen molar-refractivity contribution in [3.05, 3.63) is 30.1 Å². The average molecular weight is 220 g/mol. The SMILES string of the molecule is CC(c1ccccn1)C(N)C1CCCOC1. The van der Waals surface area contributed by atoms with E-state index in [1.165, 1.54) is 6.42 Å². The molecule has 0 spiro atoms. The lowest BCUT2D eigenvalue weighted by Gasteiger charge is -2.31. The van der Waals surface area contributed by atoms with Crippen molar-refractivity contribution in [1.29, 1.82) is 0 Å². The van der Waals surface area contributed by atoms with E-state index in [0.29, 0.717) is 11.8 Å². The first-order chi connectivity index (χ1) is 7.79. The van der Waals surface area contributed by atoms with E-state index in [9.17, 15) is 0 Å². The molecular formula is C13H20N2O. The summed E-state index contributed by atoms with van der Waals surface area (Å²) in [5.74, 6) is 0.777. The van der Waals surface area contributed by atoms with E-state index in [1.807, 2.05) is 24.4 Å². The van der Waals surface area contributed by atoms with Gasteiger partial charge in [0.1, 0.15) is 0 Å². The van der Waals surface area contributed by atoms with Crippen LogP contribution in [0.2, 0.25) is 0 Å². The van der Waals surface area contributed by atoms with Crippen LogP contribution in [-0.2, 0) is 4.74 Å². The predicted octanol–water partition coefficient (Wildman–Crippen LogP) is 1.94. The lowest BCUT2D eigenvalue weighted by molar-refractivity contribution is 0.0417. The normalized spacial score (nSPS) is 25.0. The van der Waals surface area contributed by atoms with Crippen LogP contribution in [0.3, 0.4) is 0 Å². The summed E-state index contributed by atoms with van der Waals surface area (Å²) in [5.41, 5.74) is 7.39. The van der Waals surface area contributed by atoms with Gasteiger partial charge in [0.15, 0.2) is 0 Å². The van der Waals surface area contributed by atoms with Crippen LogP contribution in [0.15, 0.2) is 24.4 Å². The predicted molar refractivity (Wildman–Crippen MR) is 64.2 cm³/mol. The maximum Gasteiger partial charge on any atom is 0.0509 e. The Labute approximate surface area is 97.0 Å². The molecule has 0 aromatic carbocycles. The summed E-state index contributed by atoms with van der Waals surface area (Å²) >= 11 is 0. The molecule has 1 aromatic rings. The van der Waals surface area contributed by atoms with Gasteiger partial charge in [-0.15, -0.1) is 0 Å². The highest BCUT2D eigenvalue weighted by Crippen LogP contribution is 2.25. The zero-order valence-electron chi connectivity index (χ0n) is 9.80. The Morgan fingerprint density at radius 2 is 2.38 bits per heavy atom. The quantitative estimate of drug-likeness (QED) is 0.846. The fraction of sp³-hybridized carbons (Fsp3) is 0.615. The van der Waals surface area contributed by atoms with E-state index < -0.39 is 0 Å². The number of hydrogen-bond donors (Lipinski definition) is 1. The Balaban J connectivity index is 2.00. The molecule has 1 aromatic heterocycles. The lowest BCUT2D eigenvalue weighted by atomic mass is 9.84. The summed E-state index contributed by atoms with van der Waals surface area (Å²) < 4.78 is 5.49. The molecule has 16 heavy (non-hydrogen) atoms. The van der Waals surface area contributed by atoms with Crippen LogP contribution in [0.1, 0.15) is 31.4 Å². The molecule has 0 radical (unpaired) electrons. The van der Waals surface area contributed by atoms with E-state index in [2.05, 4.69) is 11.9 Å². The summed E-state index contributed by atoms with van der Waals surface area (Å²) in [6.07, 6.45) is 4.14. The molecule has 2 rings (SSSR count). The Morgan fingerprint density at radius 1 is 1.50 bits per heavy atom. The molecule has 1 saturated heterocycles. The summed E-state index contributed by atoms with van der Waals surface area (Å²) in [4.78, 5) is 4.37. The molecule has 0 saturated carbocycles. The summed E-state index contributed by atoms with van der Waals surface area (Å²) in [7, 11) is 0. The number of aromatic nitrogens is 1. The molecule has 1 aliphatic heterocycles. The van der Waals surface area contributed by atoms with Crippen LogP contribution in [0, 0.1) is 5.92 Å². The Morgan fingerprint density at radius 3 is 3.00 bits per heavy atom. The number of pyridine rings is 1. The molecular weight excluding hydrogens is 200 g/mol. The van der Waals surface area contributed by atoms with Crippen LogP contribution in [0.25, 0.3) is 0 Å². The summed E-state index contributed by atoms with van der Waals surface area (Å²) in [6, 6.07) is 6.15. The van der Waals surface area contributed by atoms with E-state index in [4.69, 9.17) is 10.5 Å². The first-order valence-corrected chi connectivity index (χ1v) is 6.03. The van der Waals surface area contributed by atoms with Crippen LogP contribution in [-0.4, -0.2) is 24.2 Å². The standard InChI is InChI=1S/C13H20N2O/c1-10(12-6-2-3-7-15-12)13(14)11-5-4-8-16-9-11/h2-3,6-7,10-11,13H,4-5,8-9,14H2,1H3. The number of nitrogens with zero attached hydrogens (tertiary/aromatic N) is 1. The minimum absolute atomic E-state index is 0.148. The van der Waals surface area contributed by atoms with E-state index in [1.54, 1.807) is 0 Å². The van der Waals surface area contributed by atoms with E-state index >= 15 is 0 Å². The average Bonchev–Trinajstić information content (AvgIpc) is 2.39. The molecule has 3 unspecified atom stereocenters. The number of ether oxygens (including phenoxy) is 1. The fourth-order valence-corrected chi connectivity index (χ4v) is 2.32. The molecule has 2 heterocycles. The fourth-order valence-electron chi connectivity index (χ4n) is 2.32. The first-order valence-electron chi connectivity index (χ1n) is 6.03. The van der Waals surface area contributed by atoms with Crippen molar-refractivity contribution in [2.75, 3.05) is 13.2 Å². The monoisotopic (exact) mass is 220 g/mol. The van der Waals surface area contributed by atoms with Gasteiger partial charge in [0.2, 0.25) is 0 Å². The molecule has 0 amide bonds. The zero-order valence-corrected chi connectivity index (χ0v) is 9.80. The number of rotatable bonds is 3. The van der Waals surface area contributed by atoms with Gasteiger partial charge in [-0.25, -0.2) is 0 Å². The number of nitrogens with two attached hydrogens (primary N) is 1. The smallest absolute Gasteiger partial charge is 0.0509 e. The maximum absolute atomic E-state index is 6.30. The first kappa shape index (κ1) is 11.6. The third-order valence-corrected chi connectivity index (χ3v) is 3.47. The summed E-state index contributed by atoms with van der Waals surface area (Å²) in [6.45, 7) is 3.85. The Hall–Kier alpha value is -0.930. The van der Waals surface area contributed by atoms with Gasteiger partial charge in [0.05, 0.1) is 6.61 Å². The van der Waals surface area contributed by atoms with Crippen molar-refractivity contribution in [2.24, 2.45) is 11.7 Å².